The molecule has 0 saturated carbocycles. The molecule has 0 fully saturated rings. The van der Waals surface area contributed by atoms with Gasteiger partial charge in [0.15, 0.2) is 5.82 Å². The van der Waals surface area contributed by atoms with Crippen LogP contribution in [0.25, 0.3) is 21.9 Å². The number of aromatic nitrogens is 3. The van der Waals surface area contributed by atoms with Gasteiger partial charge in [0.05, 0.1) is 25.7 Å². The lowest BCUT2D eigenvalue weighted by Crippen LogP contribution is -2.30. The summed E-state index contributed by atoms with van der Waals surface area (Å²) < 4.78 is 7.92. The molecular formula is C26H33N7O2. The van der Waals surface area contributed by atoms with Gasteiger partial charge in [-0.15, -0.1) is 0 Å². The van der Waals surface area contributed by atoms with Crippen molar-refractivity contribution in [2.24, 2.45) is 0 Å². The van der Waals surface area contributed by atoms with E-state index in [1.54, 1.807) is 14.2 Å². The van der Waals surface area contributed by atoms with E-state index in [4.69, 9.17) is 10.5 Å². The zero-order chi connectivity index (χ0) is 24.8. The highest BCUT2D eigenvalue weighted by atomic mass is 16.5. The van der Waals surface area contributed by atoms with E-state index in [9.17, 15) is 4.79 Å². The van der Waals surface area contributed by atoms with Gasteiger partial charge >= 0.3 is 0 Å². The number of hydrogen-bond donors (Lipinski definition) is 4. The number of methoxy groups -OCH3 is 1. The number of likely N-dealkylation sites (N-methyl/N-ethyl adjacent to an activating group) is 1. The van der Waals surface area contributed by atoms with Gasteiger partial charge in [-0.3, -0.25) is 4.79 Å². The number of unbranched alkanes of at least 4 members (excludes halogenated alkanes) is 1. The molecule has 5 N–H and O–H groups in total. The van der Waals surface area contributed by atoms with Gasteiger partial charge < -0.3 is 31.0 Å². The van der Waals surface area contributed by atoms with E-state index in [0.29, 0.717) is 13.1 Å². The minimum absolute atomic E-state index is 0.0496. The third-order valence-corrected chi connectivity index (χ3v) is 6.01. The molecule has 35 heavy (non-hydrogen) atoms. The van der Waals surface area contributed by atoms with Crippen molar-refractivity contribution in [2.45, 2.75) is 32.9 Å². The number of rotatable bonds is 11. The molecule has 2 heterocycles. The largest absolute Gasteiger partial charge is 0.496 e. The number of benzene rings is 2. The second-order valence-electron chi connectivity index (χ2n) is 8.43. The van der Waals surface area contributed by atoms with Crippen LogP contribution in [0.1, 0.15) is 30.9 Å². The molecule has 4 aromatic rings. The number of nitrogen functional groups attached to an aromatic ring is 1. The number of hydrogen-bond acceptors (Lipinski definition) is 7. The molecule has 0 radical (unpaired) electrons. The molecule has 0 spiro atoms. The van der Waals surface area contributed by atoms with E-state index in [2.05, 4.69) is 55.6 Å². The van der Waals surface area contributed by atoms with Crippen LogP contribution in [0.3, 0.4) is 0 Å². The van der Waals surface area contributed by atoms with Crippen molar-refractivity contribution in [1.82, 2.24) is 25.2 Å². The van der Waals surface area contributed by atoms with Gasteiger partial charge in [0.1, 0.15) is 16.8 Å². The summed E-state index contributed by atoms with van der Waals surface area (Å²) in [5.41, 5.74) is 11.0. The molecule has 9 nitrogen and oxygen atoms in total. The summed E-state index contributed by atoms with van der Waals surface area (Å²) in [5, 5.41) is 10.3. The Balaban J connectivity index is 1.77. The van der Waals surface area contributed by atoms with E-state index in [0.717, 1.165) is 64.0 Å². The van der Waals surface area contributed by atoms with Crippen molar-refractivity contribution in [3.05, 3.63) is 53.6 Å². The first-order chi connectivity index (χ1) is 17.0. The van der Waals surface area contributed by atoms with Crippen LogP contribution in [0.15, 0.2) is 42.5 Å². The quantitative estimate of drug-likeness (QED) is 0.246. The summed E-state index contributed by atoms with van der Waals surface area (Å²) >= 11 is 0. The highest BCUT2D eigenvalue weighted by Gasteiger charge is 2.19. The van der Waals surface area contributed by atoms with Gasteiger partial charge in [-0.05, 0) is 30.2 Å². The molecule has 0 saturated heterocycles. The number of nitrogens with zero attached hydrogens (tertiary/aromatic N) is 3. The minimum atomic E-state index is -0.0496. The highest BCUT2D eigenvalue weighted by Crippen LogP contribution is 2.34. The Morgan fingerprint density at radius 2 is 2.00 bits per heavy atom. The predicted octanol–water partition coefficient (Wildman–Crippen LogP) is 3.27. The number of fused-ring (bicyclic) bond motifs is 3. The van der Waals surface area contributed by atoms with Gasteiger partial charge in [-0.1, -0.05) is 37.6 Å². The van der Waals surface area contributed by atoms with Crippen LogP contribution >= 0.6 is 0 Å². The van der Waals surface area contributed by atoms with E-state index in [-0.39, 0.29) is 18.4 Å². The first kappa shape index (κ1) is 24.3. The average Bonchev–Trinajstić information content (AvgIpc) is 3.17. The van der Waals surface area contributed by atoms with Crippen molar-refractivity contribution in [2.75, 3.05) is 38.3 Å². The fourth-order valence-corrected chi connectivity index (χ4v) is 4.26. The number of anilines is 2. The second kappa shape index (κ2) is 11.1. The number of ether oxygens (including phenoxy) is 1. The maximum absolute atomic E-state index is 11.6. The summed E-state index contributed by atoms with van der Waals surface area (Å²) in [7, 11) is 3.31. The monoisotopic (exact) mass is 475 g/mol. The fourth-order valence-electron chi connectivity index (χ4n) is 4.26. The Morgan fingerprint density at radius 3 is 2.77 bits per heavy atom. The molecule has 0 bridgehead atoms. The Kier molecular flexibility index (Phi) is 7.67. The van der Waals surface area contributed by atoms with E-state index >= 15 is 0 Å². The fraction of sp³-hybridized carbons (Fsp3) is 0.346. The van der Waals surface area contributed by atoms with Crippen LogP contribution in [0.4, 0.5) is 11.8 Å². The van der Waals surface area contributed by atoms with Gasteiger partial charge in [0, 0.05) is 31.1 Å². The van der Waals surface area contributed by atoms with Gasteiger partial charge in [0.25, 0.3) is 0 Å². The first-order valence-electron chi connectivity index (χ1n) is 11.9. The molecule has 0 unspecified atom stereocenters. The molecule has 0 aliphatic carbocycles. The normalized spacial score (nSPS) is 11.2. The maximum atomic E-state index is 11.6. The molecule has 0 atom stereocenters. The number of carbonyl (C=O) groups is 1. The van der Waals surface area contributed by atoms with Crippen LogP contribution in [-0.4, -0.2) is 47.7 Å². The number of nitrogens with two attached hydrogens (primary N) is 1. The lowest BCUT2D eigenvalue weighted by Gasteiger charge is -2.15. The number of nitrogens with one attached hydrogen (secondary N) is 3. The number of carbonyl (C=O) groups excluding carboxylic acids is 1. The second-order valence-corrected chi connectivity index (χ2v) is 8.43. The van der Waals surface area contributed by atoms with Crippen LogP contribution in [0.2, 0.25) is 0 Å². The van der Waals surface area contributed by atoms with Crippen molar-refractivity contribution >= 4 is 39.6 Å². The zero-order valence-corrected chi connectivity index (χ0v) is 20.5. The summed E-state index contributed by atoms with van der Waals surface area (Å²) in [6, 6.07) is 14.3. The minimum Gasteiger partial charge on any atom is -0.496 e. The lowest BCUT2D eigenvalue weighted by molar-refractivity contribution is -0.119. The van der Waals surface area contributed by atoms with Gasteiger partial charge in [0.2, 0.25) is 11.9 Å². The standard InChI is InChI=1S/C26H33N7O2/c1-4-5-12-30-25-24-23(31-26(27)32-25)19-8-6-7-9-20(19)33(24)16-18-13-17(10-11-21(18)35-3)14-29-15-22(34)28-2/h6-11,13,29H,4-5,12,14-16H2,1-3H3,(H,28,34)(H3,27,30,31,32). The molecule has 4 rings (SSSR count). The summed E-state index contributed by atoms with van der Waals surface area (Å²) in [6.45, 7) is 4.36. The smallest absolute Gasteiger partial charge is 0.233 e. The lowest BCUT2D eigenvalue weighted by atomic mass is 10.1. The van der Waals surface area contributed by atoms with Crippen molar-refractivity contribution in [3.63, 3.8) is 0 Å². The molecular weight excluding hydrogens is 442 g/mol. The average molecular weight is 476 g/mol. The summed E-state index contributed by atoms with van der Waals surface area (Å²) in [4.78, 5) is 20.7. The van der Waals surface area contributed by atoms with Crippen LogP contribution in [-0.2, 0) is 17.9 Å². The van der Waals surface area contributed by atoms with Crippen LogP contribution in [0, 0.1) is 0 Å². The Morgan fingerprint density at radius 1 is 1.17 bits per heavy atom. The third-order valence-electron chi connectivity index (χ3n) is 6.01. The van der Waals surface area contributed by atoms with E-state index in [1.807, 2.05) is 24.3 Å². The zero-order valence-electron chi connectivity index (χ0n) is 20.5. The van der Waals surface area contributed by atoms with Crippen molar-refractivity contribution < 1.29 is 9.53 Å². The van der Waals surface area contributed by atoms with Crippen LogP contribution in [0.5, 0.6) is 5.75 Å². The predicted molar refractivity (Wildman–Crippen MR) is 141 cm³/mol. The van der Waals surface area contributed by atoms with Gasteiger partial charge in [-0.2, -0.15) is 4.98 Å². The van der Waals surface area contributed by atoms with Gasteiger partial charge in [-0.25, -0.2) is 4.98 Å². The first-order valence-corrected chi connectivity index (χ1v) is 11.9. The Bertz CT molecular complexity index is 1330. The van der Waals surface area contributed by atoms with Crippen molar-refractivity contribution in [1.29, 1.82) is 0 Å². The molecule has 184 valence electrons. The topological polar surface area (TPSA) is 119 Å². The molecule has 9 heteroatoms. The maximum Gasteiger partial charge on any atom is 0.233 e. The number of amides is 1. The molecule has 0 aliphatic heterocycles. The third kappa shape index (κ3) is 5.30. The van der Waals surface area contributed by atoms with E-state index in [1.165, 1.54) is 0 Å². The molecule has 0 aliphatic rings. The SMILES string of the molecule is CCCCNc1nc(N)nc2c3ccccc3n(Cc3cc(CNCC(=O)NC)ccc3OC)c12. The van der Waals surface area contributed by atoms with Crippen molar-refractivity contribution in [3.8, 4) is 5.75 Å². The van der Waals surface area contributed by atoms with Crippen LogP contribution < -0.4 is 26.4 Å². The summed E-state index contributed by atoms with van der Waals surface area (Å²) in [6.07, 6.45) is 2.11. The molecule has 2 aromatic heterocycles. The summed E-state index contributed by atoms with van der Waals surface area (Å²) in [5.74, 6) is 1.73. The molecule has 1 amide bonds. The molecule has 2 aromatic carbocycles. The Labute approximate surface area is 205 Å². The highest BCUT2D eigenvalue weighted by molar-refractivity contribution is 6.09. The number of para-hydroxylation sites is 1. The van der Waals surface area contributed by atoms with E-state index < -0.39 is 0 Å². The Hall–Kier alpha value is -3.85.